The zero-order valence-electron chi connectivity index (χ0n) is 15.0. The number of hydrogen-bond donors (Lipinski definition) is 2. The molecule has 142 valence electrons. The van der Waals surface area contributed by atoms with Gasteiger partial charge in [-0.15, -0.1) is 0 Å². The van der Waals surface area contributed by atoms with E-state index < -0.39 is 24.1 Å². The van der Waals surface area contributed by atoms with Crippen LogP contribution >= 0.6 is 0 Å². The highest BCUT2D eigenvalue weighted by Gasteiger charge is 2.11. The van der Waals surface area contributed by atoms with E-state index in [9.17, 15) is 14.0 Å². The number of nitrogens with one attached hydrogen (secondary N) is 2. The molecule has 27 heavy (non-hydrogen) atoms. The van der Waals surface area contributed by atoms with Gasteiger partial charge in [0, 0.05) is 0 Å². The van der Waals surface area contributed by atoms with E-state index in [2.05, 4.69) is 15.8 Å². The molecular weight excluding hydrogens is 353 g/mol. The lowest BCUT2D eigenvalue weighted by molar-refractivity contribution is -0.126. The Morgan fingerprint density at radius 2 is 1.93 bits per heavy atom. The molecule has 0 heterocycles. The molecular formula is C19H20FN3O4. The molecule has 0 aliphatic carbocycles. The van der Waals surface area contributed by atoms with Gasteiger partial charge >= 0.3 is 0 Å². The van der Waals surface area contributed by atoms with E-state index in [1.165, 1.54) is 31.5 Å². The number of halogens is 1. The molecule has 0 aliphatic heterocycles. The molecule has 2 amide bonds. The van der Waals surface area contributed by atoms with Crippen molar-refractivity contribution >= 4 is 23.7 Å². The third kappa shape index (κ3) is 6.10. The maximum absolute atomic E-state index is 13.5. The van der Waals surface area contributed by atoms with E-state index in [4.69, 9.17) is 9.47 Å². The quantitative estimate of drug-likeness (QED) is 0.423. The second-order valence-electron chi connectivity index (χ2n) is 5.34. The van der Waals surface area contributed by atoms with Gasteiger partial charge in [0.1, 0.15) is 12.2 Å². The molecule has 8 heteroatoms. The third-order valence-electron chi connectivity index (χ3n) is 3.36. The van der Waals surface area contributed by atoms with E-state index in [1.54, 1.807) is 24.3 Å². The van der Waals surface area contributed by atoms with Crippen molar-refractivity contribution in [2.24, 2.45) is 5.10 Å². The van der Waals surface area contributed by atoms with E-state index in [0.717, 1.165) is 0 Å². The molecule has 2 aromatic rings. The minimum absolute atomic E-state index is 0.0142. The second-order valence-corrected chi connectivity index (χ2v) is 5.34. The Hall–Kier alpha value is -3.42. The van der Waals surface area contributed by atoms with Crippen LogP contribution in [0.25, 0.3) is 0 Å². The molecule has 0 radical (unpaired) electrons. The topological polar surface area (TPSA) is 89.0 Å². The number of carbonyl (C=O) groups is 2. The van der Waals surface area contributed by atoms with Crippen LogP contribution in [0.5, 0.6) is 11.5 Å². The van der Waals surface area contributed by atoms with Crippen LogP contribution in [0.4, 0.5) is 10.1 Å². The lowest BCUT2D eigenvalue weighted by Crippen LogP contribution is -2.24. The lowest BCUT2D eigenvalue weighted by Gasteiger charge is -2.09. The fraction of sp³-hybridized carbons (Fsp3) is 0.211. The van der Waals surface area contributed by atoms with Gasteiger partial charge in [-0.2, -0.15) is 5.10 Å². The molecule has 0 fully saturated rings. The fourth-order valence-corrected chi connectivity index (χ4v) is 2.16. The summed E-state index contributed by atoms with van der Waals surface area (Å²) in [6.45, 7) is 2.38. The molecule has 0 aromatic heterocycles. The van der Waals surface area contributed by atoms with Crippen LogP contribution in [0.15, 0.2) is 47.6 Å². The van der Waals surface area contributed by atoms with Crippen LogP contribution in [0, 0.1) is 5.82 Å². The molecule has 0 saturated carbocycles. The highest BCUT2D eigenvalue weighted by Crippen LogP contribution is 2.27. The number of rotatable bonds is 8. The number of hydrogen-bond acceptors (Lipinski definition) is 5. The Kier molecular flexibility index (Phi) is 7.30. The summed E-state index contributed by atoms with van der Waals surface area (Å²) in [4.78, 5) is 23.5. The number of carbonyl (C=O) groups excluding carboxylic acids is 2. The van der Waals surface area contributed by atoms with Crippen molar-refractivity contribution in [1.29, 1.82) is 0 Å². The molecule has 2 aromatic carbocycles. The number of anilines is 1. The molecule has 0 atom stereocenters. The first-order valence-corrected chi connectivity index (χ1v) is 8.20. The second kappa shape index (κ2) is 9.91. The smallest absolute Gasteiger partial charge is 0.249 e. The van der Waals surface area contributed by atoms with Gasteiger partial charge in [0.2, 0.25) is 11.8 Å². The number of para-hydroxylation sites is 1. The molecule has 0 unspecified atom stereocenters. The summed E-state index contributed by atoms with van der Waals surface area (Å²) in [7, 11) is 1.52. The SMILES string of the molecule is CCOc1ccc(C=NNC(=O)CC(=O)Nc2ccccc2F)cc1OC. The fourth-order valence-electron chi connectivity index (χ4n) is 2.16. The number of hydrazone groups is 1. The average molecular weight is 373 g/mol. The molecule has 0 aliphatic rings. The zero-order valence-corrected chi connectivity index (χ0v) is 15.0. The van der Waals surface area contributed by atoms with Gasteiger partial charge in [-0.1, -0.05) is 12.1 Å². The van der Waals surface area contributed by atoms with Crippen molar-refractivity contribution < 1.29 is 23.5 Å². The minimum atomic E-state index is -0.643. The molecule has 0 spiro atoms. The van der Waals surface area contributed by atoms with Gasteiger partial charge in [-0.25, -0.2) is 9.82 Å². The summed E-state index contributed by atoms with van der Waals surface area (Å²) in [5.41, 5.74) is 2.93. The standard InChI is InChI=1S/C19H20FN3O4/c1-3-27-16-9-8-13(10-17(16)26-2)12-21-23-19(25)11-18(24)22-15-7-5-4-6-14(15)20/h4-10,12H,3,11H2,1-2H3,(H,22,24)(H,23,25). The maximum Gasteiger partial charge on any atom is 0.249 e. The van der Waals surface area contributed by atoms with E-state index >= 15 is 0 Å². The summed E-state index contributed by atoms with van der Waals surface area (Å²) in [6, 6.07) is 10.9. The van der Waals surface area contributed by atoms with Crippen LogP contribution < -0.4 is 20.2 Å². The van der Waals surface area contributed by atoms with Crippen molar-refractivity contribution in [1.82, 2.24) is 5.43 Å². The molecule has 0 saturated heterocycles. The van der Waals surface area contributed by atoms with Crippen LogP contribution in [0.3, 0.4) is 0 Å². The predicted octanol–water partition coefficient (Wildman–Crippen LogP) is 2.71. The Balaban J connectivity index is 1.87. The number of amides is 2. The molecule has 2 rings (SSSR count). The predicted molar refractivity (Wildman–Crippen MR) is 99.5 cm³/mol. The number of nitrogens with zero attached hydrogens (tertiary/aromatic N) is 1. The van der Waals surface area contributed by atoms with E-state index in [0.29, 0.717) is 23.7 Å². The van der Waals surface area contributed by atoms with Crippen molar-refractivity contribution in [3.05, 3.63) is 53.8 Å². The van der Waals surface area contributed by atoms with E-state index in [1.807, 2.05) is 6.92 Å². The summed E-state index contributed by atoms with van der Waals surface area (Å²) in [5, 5.41) is 6.12. The monoisotopic (exact) mass is 373 g/mol. The first kappa shape index (κ1) is 19.9. The van der Waals surface area contributed by atoms with Gasteiger partial charge in [0.05, 0.1) is 25.6 Å². The first-order chi connectivity index (χ1) is 13.0. The lowest BCUT2D eigenvalue weighted by atomic mass is 10.2. The Bertz CT molecular complexity index is 839. The summed E-state index contributed by atoms with van der Waals surface area (Å²) >= 11 is 0. The molecule has 2 N–H and O–H groups in total. The highest BCUT2D eigenvalue weighted by molar-refractivity contribution is 6.03. The van der Waals surface area contributed by atoms with Gasteiger partial charge in [0.25, 0.3) is 0 Å². The summed E-state index contributed by atoms with van der Waals surface area (Å²) in [5.74, 6) is -0.704. The zero-order chi connectivity index (χ0) is 19.6. The van der Waals surface area contributed by atoms with Crippen molar-refractivity contribution in [3.63, 3.8) is 0 Å². The molecule has 7 nitrogen and oxygen atoms in total. The van der Waals surface area contributed by atoms with Gasteiger partial charge in [0.15, 0.2) is 11.5 Å². The first-order valence-electron chi connectivity index (χ1n) is 8.20. The number of ether oxygens (including phenoxy) is 2. The van der Waals surface area contributed by atoms with Gasteiger partial charge in [-0.3, -0.25) is 9.59 Å². The Morgan fingerprint density at radius 3 is 2.63 bits per heavy atom. The number of benzene rings is 2. The summed E-state index contributed by atoms with van der Waals surface area (Å²) < 4.78 is 24.1. The van der Waals surface area contributed by atoms with Crippen LogP contribution in [-0.2, 0) is 9.59 Å². The highest BCUT2D eigenvalue weighted by atomic mass is 19.1. The Labute approximate surface area is 156 Å². The average Bonchev–Trinajstić information content (AvgIpc) is 2.64. The van der Waals surface area contributed by atoms with Gasteiger partial charge < -0.3 is 14.8 Å². The van der Waals surface area contributed by atoms with E-state index in [-0.39, 0.29) is 5.69 Å². The normalized spacial score (nSPS) is 10.5. The van der Waals surface area contributed by atoms with Crippen LogP contribution in [0.1, 0.15) is 18.9 Å². The molecule has 0 bridgehead atoms. The largest absolute Gasteiger partial charge is 0.493 e. The van der Waals surface area contributed by atoms with Crippen LogP contribution in [0.2, 0.25) is 0 Å². The third-order valence-corrected chi connectivity index (χ3v) is 3.36. The van der Waals surface area contributed by atoms with Crippen LogP contribution in [-0.4, -0.2) is 31.7 Å². The number of methoxy groups -OCH3 is 1. The maximum atomic E-state index is 13.5. The minimum Gasteiger partial charge on any atom is -0.493 e. The Morgan fingerprint density at radius 1 is 1.15 bits per heavy atom. The van der Waals surface area contributed by atoms with Gasteiger partial charge in [-0.05, 0) is 42.8 Å². The summed E-state index contributed by atoms with van der Waals surface area (Å²) in [6.07, 6.45) is 0.920. The van der Waals surface area contributed by atoms with Crippen molar-refractivity contribution in [2.45, 2.75) is 13.3 Å². The van der Waals surface area contributed by atoms with Crippen molar-refractivity contribution in [2.75, 3.05) is 19.0 Å². The van der Waals surface area contributed by atoms with Crippen molar-refractivity contribution in [3.8, 4) is 11.5 Å².